The minimum atomic E-state index is -0.784. The highest BCUT2D eigenvalue weighted by atomic mass is 16.6. The summed E-state index contributed by atoms with van der Waals surface area (Å²) < 4.78 is 6.78. The Balaban J connectivity index is 2.94. The summed E-state index contributed by atoms with van der Waals surface area (Å²) in [6.07, 6.45) is 0.0472. The van der Waals surface area contributed by atoms with E-state index in [0.29, 0.717) is 12.0 Å². The number of aryl methyl sites for hydroxylation is 1. The van der Waals surface area contributed by atoms with E-state index in [9.17, 15) is 9.59 Å². The lowest BCUT2D eigenvalue weighted by molar-refractivity contribution is -0.109. The van der Waals surface area contributed by atoms with E-state index in [4.69, 9.17) is 4.74 Å². The second-order valence-electron chi connectivity index (χ2n) is 7.09. The predicted octanol–water partition coefficient (Wildman–Crippen LogP) is 2.48. The summed E-state index contributed by atoms with van der Waals surface area (Å²) in [6, 6.07) is 1.05. The average Bonchev–Trinajstić information content (AvgIpc) is 2.65. The normalized spacial score (nSPS) is 13.7. The second kappa shape index (κ2) is 5.87. The molecule has 1 N–H and O–H groups in total. The zero-order chi connectivity index (χ0) is 16.4. The fourth-order valence-corrected chi connectivity index (χ4v) is 1.75. The number of hydrogen-bond donors (Lipinski definition) is 1. The van der Waals surface area contributed by atoms with Crippen molar-refractivity contribution in [2.45, 2.75) is 58.6 Å². The first-order chi connectivity index (χ1) is 9.44. The molecule has 0 aliphatic rings. The Morgan fingerprint density at radius 2 is 1.90 bits per heavy atom. The van der Waals surface area contributed by atoms with Gasteiger partial charge in [-0.15, -0.1) is 0 Å². The molecular weight excluding hydrogens is 270 g/mol. The van der Waals surface area contributed by atoms with Crippen LogP contribution in [0.2, 0.25) is 0 Å². The van der Waals surface area contributed by atoms with Gasteiger partial charge in [-0.25, -0.2) is 4.79 Å². The first-order valence-corrected chi connectivity index (χ1v) is 6.93. The highest BCUT2D eigenvalue weighted by Crippen LogP contribution is 2.23. The van der Waals surface area contributed by atoms with Crippen LogP contribution in [0.15, 0.2) is 6.07 Å². The molecule has 1 rings (SSSR count). The van der Waals surface area contributed by atoms with Crippen LogP contribution in [0.5, 0.6) is 0 Å². The van der Waals surface area contributed by atoms with Gasteiger partial charge in [0.15, 0.2) is 0 Å². The van der Waals surface area contributed by atoms with Crippen molar-refractivity contribution in [3.8, 4) is 0 Å². The number of carbonyl (C=O) groups excluding carboxylic acids is 2. The van der Waals surface area contributed by atoms with Crippen LogP contribution in [-0.2, 0) is 22.0 Å². The van der Waals surface area contributed by atoms with Crippen LogP contribution in [0.3, 0.4) is 0 Å². The van der Waals surface area contributed by atoms with Gasteiger partial charge in [0, 0.05) is 12.5 Å². The van der Waals surface area contributed by atoms with Crippen molar-refractivity contribution < 1.29 is 14.3 Å². The molecule has 0 saturated heterocycles. The third-order valence-corrected chi connectivity index (χ3v) is 2.81. The van der Waals surface area contributed by atoms with Gasteiger partial charge in [-0.1, -0.05) is 20.8 Å². The van der Waals surface area contributed by atoms with Crippen LogP contribution >= 0.6 is 0 Å². The molecule has 6 nitrogen and oxygen atoms in total. The van der Waals surface area contributed by atoms with Gasteiger partial charge in [0.25, 0.3) is 0 Å². The number of nitrogens with one attached hydrogen (secondary N) is 1. The van der Waals surface area contributed by atoms with Crippen molar-refractivity contribution in [1.29, 1.82) is 0 Å². The summed E-state index contributed by atoms with van der Waals surface area (Å²) in [4.78, 5) is 23.1. The highest BCUT2D eigenvalue weighted by molar-refractivity contribution is 5.74. The van der Waals surface area contributed by atoms with Gasteiger partial charge in [-0.05, 0) is 26.8 Å². The number of amides is 1. The fraction of sp³-hybridized carbons (Fsp3) is 0.667. The fourth-order valence-electron chi connectivity index (χ4n) is 1.75. The molecule has 1 aromatic heterocycles. The third kappa shape index (κ3) is 4.88. The number of nitrogens with zero attached hydrogens (tertiary/aromatic N) is 2. The highest BCUT2D eigenvalue weighted by Gasteiger charge is 2.25. The smallest absolute Gasteiger partial charge is 0.408 e. The van der Waals surface area contributed by atoms with Gasteiger partial charge in [0.2, 0.25) is 0 Å². The molecule has 21 heavy (non-hydrogen) atoms. The number of alkyl carbamates (subject to hydrolysis) is 1. The average molecular weight is 295 g/mol. The Kier molecular flexibility index (Phi) is 4.81. The minimum Gasteiger partial charge on any atom is -0.444 e. The summed E-state index contributed by atoms with van der Waals surface area (Å²) in [6.45, 7) is 11.4. The molecule has 1 atom stereocenters. The number of aldehydes is 1. The maximum atomic E-state index is 11.8. The predicted molar refractivity (Wildman–Crippen MR) is 80.1 cm³/mol. The van der Waals surface area contributed by atoms with Crippen molar-refractivity contribution >= 4 is 12.4 Å². The summed E-state index contributed by atoms with van der Waals surface area (Å²) in [5.74, 6) is 0. The topological polar surface area (TPSA) is 73.2 Å². The number of ether oxygens (including phenoxy) is 1. The lowest BCUT2D eigenvalue weighted by Gasteiger charge is -2.21. The third-order valence-electron chi connectivity index (χ3n) is 2.81. The Bertz CT molecular complexity index is 521. The molecule has 0 aliphatic heterocycles. The Hall–Kier alpha value is -1.85. The zero-order valence-corrected chi connectivity index (χ0v) is 13.9. The first kappa shape index (κ1) is 17.2. The van der Waals surface area contributed by atoms with Crippen molar-refractivity contribution in [2.24, 2.45) is 7.05 Å². The maximum absolute atomic E-state index is 11.8. The molecule has 0 aliphatic carbocycles. The van der Waals surface area contributed by atoms with E-state index in [2.05, 4.69) is 10.4 Å². The molecule has 0 bridgehead atoms. The van der Waals surface area contributed by atoms with Crippen molar-refractivity contribution in [3.63, 3.8) is 0 Å². The van der Waals surface area contributed by atoms with Gasteiger partial charge in [-0.3, -0.25) is 4.68 Å². The van der Waals surface area contributed by atoms with Crippen molar-refractivity contribution in [3.05, 3.63) is 17.5 Å². The molecule has 6 heteroatoms. The molecule has 1 unspecified atom stereocenters. The van der Waals surface area contributed by atoms with Crippen molar-refractivity contribution in [1.82, 2.24) is 15.1 Å². The zero-order valence-electron chi connectivity index (χ0n) is 13.9. The van der Waals surface area contributed by atoms with Crippen LogP contribution < -0.4 is 5.32 Å². The maximum Gasteiger partial charge on any atom is 0.408 e. The Morgan fingerprint density at radius 3 is 2.29 bits per heavy atom. The van der Waals surface area contributed by atoms with E-state index >= 15 is 0 Å². The lowest BCUT2D eigenvalue weighted by Crippen LogP contribution is -2.36. The van der Waals surface area contributed by atoms with E-state index in [1.807, 2.05) is 26.8 Å². The molecule has 0 spiro atoms. The molecular formula is C15H25N3O3. The van der Waals surface area contributed by atoms with E-state index in [-0.39, 0.29) is 5.41 Å². The molecule has 0 fully saturated rings. The van der Waals surface area contributed by atoms with Gasteiger partial charge < -0.3 is 14.8 Å². The molecule has 0 saturated carbocycles. The molecule has 0 radical (unpaired) electrons. The number of aromatic nitrogens is 2. The minimum absolute atomic E-state index is 0.130. The van der Waals surface area contributed by atoms with E-state index in [0.717, 1.165) is 5.69 Å². The monoisotopic (exact) mass is 295 g/mol. The van der Waals surface area contributed by atoms with Gasteiger partial charge >= 0.3 is 6.09 Å². The van der Waals surface area contributed by atoms with E-state index in [1.165, 1.54) is 0 Å². The van der Waals surface area contributed by atoms with Crippen LogP contribution in [0.1, 0.15) is 59.0 Å². The van der Waals surface area contributed by atoms with Gasteiger partial charge in [0.1, 0.15) is 17.9 Å². The van der Waals surface area contributed by atoms with Crippen molar-refractivity contribution in [2.75, 3.05) is 0 Å². The largest absolute Gasteiger partial charge is 0.444 e. The number of carbonyl (C=O) groups is 2. The standard InChI is InChI=1S/C15H25N3O3/c1-14(2,3)12-8-11(18(7)17-12)10(9-19)16-13(20)21-15(4,5)6/h8-10H,1-7H3,(H,16,20). The molecule has 1 amide bonds. The second-order valence-corrected chi connectivity index (χ2v) is 7.09. The SMILES string of the molecule is Cn1nc(C(C)(C)C)cc1C(C=O)NC(=O)OC(C)(C)C. The number of rotatable bonds is 3. The van der Waals surface area contributed by atoms with E-state index < -0.39 is 17.7 Å². The van der Waals surface area contributed by atoms with E-state index in [1.54, 1.807) is 32.5 Å². The summed E-state index contributed by atoms with van der Waals surface area (Å²) in [7, 11) is 1.75. The summed E-state index contributed by atoms with van der Waals surface area (Å²) in [5, 5.41) is 6.95. The summed E-state index contributed by atoms with van der Waals surface area (Å²) in [5.41, 5.74) is 0.745. The quantitative estimate of drug-likeness (QED) is 0.869. The molecule has 118 valence electrons. The first-order valence-electron chi connectivity index (χ1n) is 6.93. The van der Waals surface area contributed by atoms with Crippen LogP contribution in [0, 0.1) is 0 Å². The lowest BCUT2D eigenvalue weighted by atomic mass is 9.92. The Morgan fingerprint density at radius 1 is 1.33 bits per heavy atom. The van der Waals surface area contributed by atoms with Crippen LogP contribution in [0.4, 0.5) is 4.79 Å². The van der Waals surface area contributed by atoms with Crippen LogP contribution in [0.25, 0.3) is 0 Å². The van der Waals surface area contributed by atoms with Gasteiger partial charge in [-0.2, -0.15) is 5.10 Å². The number of hydrogen-bond acceptors (Lipinski definition) is 4. The molecule has 1 heterocycles. The van der Waals surface area contributed by atoms with Gasteiger partial charge in [0.05, 0.1) is 11.4 Å². The molecule has 0 aromatic carbocycles. The molecule has 1 aromatic rings. The van der Waals surface area contributed by atoms with Crippen LogP contribution in [-0.4, -0.2) is 27.8 Å². The summed E-state index contributed by atoms with van der Waals surface area (Å²) >= 11 is 0. The Labute approximate surface area is 125 Å².